The third-order valence-electron chi connectivity index (χ3n) is 2.16. The van der Waals surface area contributed by atoms with E-state index in [0.717, 1.165) is 0 Å². The van der Waals surface area contributed by atoms with Crippen molar-refractivity contribution in [1.82, 2.24) is 0 Å². The van der Waals surface area contributed by atoms with Crippen molar-refractivity contribution in [3.63, 3.8) is 0 Å². The summed E-state index contributed by atoms with van der Waals surface area (Å²) in [7, 11) is 0. The van der Waals surface area contributed by atoms with Crippen molar-refractivity contribution in [2.45, 2.75) is 13.3 Å². The topological polar surface area (TPSA) is 69.4 Å². The molecule has 5 heteroatoms. The summed E-state index contributed by atoms with van der Waals surface area (Å²) < 4.78 is 4.85. The molecule has 0 aliphatic rings. The third kappa shape index (κ3) is 3.14. The van der Waals surface area contributed by atoms with Gasteiger partial charge in [0.2, 0.25) is 0 Å². The van der Waals surface area contributed by atoms with Crippen LogP contribution in [0.5, 0.6) is 0 Å². The van der Waals surface area contributed by atoms with E-state index < -0.39 is 10.9 Å². The minimum Gasteiger partial charge on any atom is -0.462 e. The van der Waals surface area contributed by atoms with E-state index in [9.17, 15) is 14.9 Å². The number of carbonyl (C=O) groups is 1. The molecule has 90 valence electrons. The second-order valence-corrected chi connectivity index (χ2v) is 3.31. The standard InChI is InChI=1S/C12H13NO4/c1-3-5-9-6-7-10(13(15)16)8-11(9)12(14)17-4-2/h3,6-8H,1,4-5H2,2H3. The van der Waals surface area contributed by atoms with Gasteiger partial charge in [0, 0.05) is 12.1 Å². The Morgan fingerprint density at radius 3 is 2.82 bits per heavy atom. The van der Waals surface area contributed by atoms with Crippen LogP contribution in [0.2, 0.25) is 0 Å². The molecule has 0 aromatic heterocycles. The van der Waals surface area contributed by atoms with E-state index in [1.54, 1.807) is 19.1 Å². The Morgan fingerprint density at radius 2 is 2.29 bits per heavy atom. The second-order valence-electron chi connectivity index (χ2n) is 3.31. The van der Waals surface area contributed by atoms with Gasteiger partial charge in [-0.1, -0.05) is 12.1 Å². The summed E-state index contributed by atoms with van der Waals surface area (Å²) in [6.45, 7) is 5.49. The second kappa shape index (κ2) is 5.79. The molecule has 0 N–H and O–H groups in total. The number of carbonyl (C=O) groups excluding carboxylic acids is 1. The quantitative estimate of drug-likeness (QED) is 0.340. The Kier molecular flexibility index (Phi) is 4.39. The molecule has 5 nitrogen and oxygen atoms in total. The largest absolute Gasteiger partial charge is 0.462 e. The SMILES string of the molecule is C=CCc1ccc([N+](=O)[O-])cc1C(=O)OCC. The van der Waals surface area contributed by atoms with Crippen LogP contribution < -0.4 is 0 Å². The molecular formula is C12H13NO4. The average molecular weight is 235 g/mol. The lowest BCUT2D eigenvalue weighted by atomic mass is 10.0. The summed E-state index contributed by atoms with van der Waals surface area (Å²) in [4.78, 5) is 21.7. The number of non-ortho nitro benzene ring substituents is 1. The summed E-state index contributed by atoms with van der Waals surface area (Å²) in [5, 5.41) is 10.6. The molecule has 0 aliphatic carbocycles. The maximum atomic E-state index is 11.6. The van der Waals surface area contributed by atoms with E-state index in [1.165, 1.54) is 12.1 Å². The van der Waals surface area contributed by atoms with Crippen molar-refractivity contribution >= 4 is 11.7 Å². The van der Waals surface area contributed by atoms with Gasteiger partial charge in [-0.15, -0.1) is 6.58 Å². The molecule has 17 heavy (non-hydrogen) atoms. The first-order valence-electron chi connectivity index (χ1n) is 5.15. The summed E-state index contributed by atoms with van der Waals surface area (Å²) in [6.07, 6.45) is 2.09. The molecule has 1 aromatic carbocycles. The smallest absolute Gasteiger partial charge is 0.338 e. The van der Waals surface area contributed by atoms with Crippen LogP contribution in [0.4, 0.5) is 5.69 Å². The van der Waals surface area contributed by atoms with E-state index in [-0.39, 0.29) is 17.9 Å². The number of benzene rings is 1. The van der Waals surface area contributed by atoms with Crippen molar-refractivity contribution in [2.75, 3.05) is 6.61 Å². The Morgan fingerprint density at radius 1 is 1.59 bits per heavy atom. The lowest BCUT2D eigenvalue weighted by Crippen LogP contribution is -2.08. The van der Waals surface area contributed by atoms with Gasteiger partial charge in [0.05, 0.1) is 17.1 Å². The van der Waals surface area contributed by atoms with E-state index in [0.29, 0.717) is 12.0 Å². The highest BCUT2D eigenvalue weighted by atomic mass is 16.6. The number of allylic oxidation sites excluding steroid dienone is 1. The molecular weight excluding hydrogens is 222 g/mol. The Balaban J connectivity index is 3.19. The molecule has 0 heterocycles. The fourth-order valence-corrected chi connectivity index (χ4v) is 1.41. The van der Waals surface area contributed by atoms with Gasteiger partial charge >= 0.3 is 5.97 Å². The van der Waals surface area contributed by atoms with Crippen LogP contribution in [-0.2, 0) is 11.2 Å². The maximum Gasteiger partial charge on any atom is 0.338 e. The molecule has 0 saturated heterocycles. The van der Waals surface area contributed by atoms with Gasteiger partial charge in [-0.05, 0) is 18.9 Å². The molecule has 0 amide bonds. The number of esters is 1. The monoisotopic (exact) mass is 235 g/mol. The van der Waals surface area contributed by atoms with Crippen molar-refractivity contribution in [2.24, 2.45) is 0 Å². The van der Waals surface area contributed by atoms with Gasteiger partial charge < -0.3 is 4.74 Å². The van der Waals surface area contributed by atoms with Crippen LogP contribution in [0.25, 0.3) is 0 Å². The van der Waals surface area contributed by atoms with Crippen LogP contribution in [-0.4, -0.2) is 17.5 Å². The zero-order valence-corrected chi connectivity index (χ0v) is 9.51. The third-order valence-corrected chi connectivity index (χ3v) is 2.16. The first-order chi connectivity index (χ1) is 8.10. The maximum absolute atomic E-state index is 11.6. The fourth-order valence-electron chi connectivity index (χ4n) is 1.41. The predicted molar refractivity (Wildman–Crippen MR) is 63.0 cm³/mol. The van der Waals surface area contributed by atoms with Gasteiger partial charge in [-0.25, -0.2) is 4.79 Å². The van der Waals surface area contributed by atoms with Crippen LogP contribution in [0, 0.1) is 10.1 Å². The molecule has 1 rings (SSSR count). The molecule has 0 radical (unpaired) electrons. The van der Waals surface area contributed by atoms with Crippen molar-refractivity contribution < 1.29 is 14.5 Å². The lowest BCUT2D eigenvalue weighted by molar-refractivity contribution is -0.384. The van der Waals surface area contributed by atoms with Gasteiger partial charge in [0.25, 0.3) is 5.69 Å². The predicted octanol–water partition coefficient (Wildman–Crippen LogP) is 2.50. The van der Waals surface area contributed by atoms with Gasteiger partial charge in [0.1, 0.15) is 0 Å². The first kappa shape index (κ1) is 12.9. The average Bonchev–Trinajstić information content (AvgIpc) is 2.30. The fraction of sp³-hybridized carbons (Fsp3) is 0.250. The van der Waals surface area contributed by atoms with E-state index >= 15 is 0 Å². The van der Waals surface area contributed by atoms with Gasteiger partial charge in [0.15, 0.2) is 0 Å². The molecule has 1 aromatic rings. The summed E-state index contributed by atoms with van der Waals surface area (Å²) in [5.74, 6) is -0.548. The van der Waals surface area contributed by atoms with Crippen LogP contribution in [0.1, 0.15) is 22.8 Å². The van der Waals surface area contributed by atoms with E-state index in [1.807, 2.05) is 0 Å². The first-order valence-corrected chi connectivity index (χ1v) is 5.15. The number of rotatable bonds is 5. The van der Waals surface area contributed by atoms with Crippen molar-refractivity contribution in [3.05, 3.63) is 52.1 Å². The Bertz CT molecular complexity index is 454. The minimum absolute atomic E-state index is 0.124. The van der Waals surface area contributed by atoms with Gasteiger partial charge in [-0.3, -0.25) is 10.1 Å². The van der Waals surface area contributed by atoms with Crippen LogP contribution in [0.3, 0.4) is 0 Å². The lowest BCUT2D eigenvalue weighted by Gasteiger charge is -2.06. The van der Waals surface area contributed by atoms with Crippen LogP contribution in [0.15, 0.2) is 30.9 Å². The van der Waals surface area contributed by atoms with E-state index in [2.05, 4.69) is 6.58 Å². The molecule has 0 spiro atoms. The Hall–Kier alpha value is -2.17. The highest BCUT2D eigenvalue weighted by molar-refractivity contribution is 5.92. The summed E-state index contributed by atoms with van der Waals surface area (Å²) >= 11 is 0. The number of hydrogen-bond donors (Lipinski definition) is 0. The zero-order chi connectivity index (χ0) is 12.8. The van der Waals surface area contributed by atoms with Gasteiger partial charge in [-0.2, -0.15) is 0 Å². The number of nitrogens with zero attached hydrogens (tertiary/aromatic N) is 1. The zero-order valence-electron chi connectivity index (χ0n) is 9.51. The number of hydrogen-bond acceptors (Lipinski definition) is 4. The highest BCUT2D eigenvalue weighted by Gasteiger charge is 2.16. The van der Waals surface area contributed by atoms with E-state index in [4.69, 9.17) is 4.74 Å². The van der Waals surface area contributed by atoms with Crippen molar-refractivity contribution in [1.29, 1.82) is 0 Å². The molecule has 0 bridgehead atoms. The van der Waals surface area contributed by atoms with Crippen molar-refractivity contribution in [3.8, 4) is 0 Å². The summed E-state index contributed by atoms with van der Waals surface area (Å²) in [6, 6.07) is 4.14. The molecule has 0 atom stereocenters. The molecule has 0 saturated carbocycles. The Labute approximate surface area is 98.9 Å². The molecule has 0 aliphatic heterocycles. The summed E-state index contributed by atoms with van der Waals surface area (Å²) in [5.41, 5.74) is 0.769. The minimum atomic E-state index is -0.548. The molecule has 0 unspecified atom stereocenters. The number of nitro groups is 1. The number of ether oxygens (including phenoxy) is 1. The number of nitro benzene ring substituents is 1. The molecule has 0 fully saturated rings. The normalized spacial score (nSPS) is 9.71. The highest BCUT2D eigenvalue weighted by Crippen LogP contribution is 2.19. The van der Waals surface area contributed by atoms with Crippen LogP contribution >= 0.6 is 0 Å².